The lowest BCUT2D eigenvalue weighted by atomic mass is 10.0. The van der Waals surface area contributed by atoms with Crippen molar-refractivity contribution >= 4 is 17.5 Å². The fourth-order valence-electron chi connectivity index (χ4n) is 3.45. The van der Waals surface area contributed by atoms with Gasteiger partial charge in [-0.05, 0) is 42.8 Å². The Morgan fingerprint density at radius 2 is 1.90 bits per heavy atom. The van der Waals surface area contributed by atoms with Crippen LogP contribution in [0, 0.1) is 11.2 Å². The molecule has 210 valence electrons. The molecule has 0 aliphatic rings. The van der Waals surface area contributed by atoms with E-state index >= 15 is 4.39 Å². The largest absolute Gasteiger partial charge is 0.497 e. The van der Waals surface area contributed by atoms with Crippen molar-refractivity contribution in [1.82, 2.24) is 24.7 Å². The minimum absolute atomic E-state index is 0.0121. The highest BCUT2D eigenvalue weighted by atomic mass is 19.1. The van der Waals surface area contributed by atoms with Crippen LogP contribution in [0.15, 0.2) is 59.7 Å². The topological polar surface area (TPSA) is 194 Å². The number of aromatic nitrogens is 5. The van der Waals surface area contributed by atoms with Crippen LogP contribution in [0.25, 0.3) is 5.95 Å². The molecule has 0 aliphatic heterocycles. The summed E-state index contributed by atoms with van der Waals surface area (Å²) in [6, 6.07) is 10.3. The molecule has 0 unspecified atom stereocenters. The van der Waals surface area contributed by atoms with Gasteiger partial charge in [-0.15, -0.1) is 9.78 Å². The molecule has 2 aromatic carbocycles. The Bertz CT molecular complexity index is 1500. The van der Waals surface area contributed by atoms with Crippen molar-refractivity contribution in [2.75, 3.05) is 19.0 Å². The monoisotopic (exact) mass is 552 g/mol. The van der Waals surface area contributed by atoms with Gasteiger partial charge in [0.2, 0.25) is 0 Å². The van der Waals surface area contributed by atoms with Crippen LogP contribution in [-0.2, 0) is 4.79 Å². The lowest BCUT2D eigenvalue weighted by molar-refractivity contribution is -0.134. The molecule has 0 amide bonds. The zero-order chi connectivity index (χ0) is 29.2. The number of aliphatic carboxylic acids is 1. The van der Waals surface area contributed by atoms with E-state index in [4.69, 9.17) is 30.5 Å². The van der Waals surface area contributed by atoms with Gasteiger partial charge in [0, 0.05) is 42.2 Å². The number of nitrogen functional groups attached to an aromatic ring is 1. The lowest BCUT2D eigenvalue weighted by Gasteiger charge is -2.21. The number of H-pyrrole nitrogens is 1. The molecule has 0 saturated carbocycles. The van der Waals surface area contributed by atoms with Crippen molar-refractivity contribution in [2.24, 2.45) is 5.73 Å². The molecule has 0 fully saturated rings. The molecule has 0 saturated heterocycles. The van der Waals surface area contributed by atoms with Gasteiger partial charge in [0.05, 0.1) is 13.7 Å². The number of methoxy groups -OCH3 is 1. The smallest absolute Gasteiger partial charge is 0.350 e. The summed E-state index contributed by atoms with van der Waals surface area (Å²) in [5.41, 5.74) is 6.18. The molecule has 13 nitrogen and oxygen atoms in total. The molecule has 4 rings (SSSR count). The van der Waals surface area contributed by atoms with Crippen molar-refractivity contribution in [3.63, 3.8) is 0 Å². The predicted octanol–water partition coefficient (Wildman–Crippen LogP) is 2.86. The van der Waals surface area contributed by atoms with Crippen molar-refractivity contribution in [2.45, 2.75) is 26.3 Å². The van der Waals surface area contributed by atoms with E-state index in [1.807, 2.05) is 6.92 Å². The van der Waals surface area contributed by atoms with E-state index < -0.39 is 23.5 Å². The number of hydrogen-bond donors (Lipinski definition) is 5. The number of hydrogen-bond acceptors (Lipinski definition) is 9. The van der Waals surface area contributed by atoms with Crippen molar-refractivity contribution < 1.29 is 23.8 Å². The van der Waals surface area contributed by atoms with Crippen LogP contribution < -0.4 is 26.2 Å². The first-order valence-electron chi connectivity index (χ1n) is 12.0. The Labute approximate surface area is 228 Å². The number of ether oxygens (including phenoxy) is 2. The minimum atomic E-state index is -0.968. The maximum atomic E-state index is 15.7. The standard InChI is InChI=1S/C24H25FN8O3.C2H4O2/c1-3-11-36-18-13-16(35-2)12-17(19(18)25)20(30-15-7-5-14(6-8-15)21(26)27)22-31-24(34)33(32-22)23-28-9-4-10-29-23;1-2(3)4/h4-10,12-13,20,30H,3,11H2,1-2H3,(H3,26,27)(H,31,32,34);1H3,(H,3,4)/t20-;/m0./s1. The fourth-order valence-corrected chi connectivity index (χ4v) is 3.45. The van der Waals surface area contributed by atoms with E-state index in [1.54, 1.807) is 30.3 Å². The summed E-state index contributed by atoms with van der Waals surface area (Å²) in [4.78, 5) is 32.5. The number of aromatic amines is 1. The van der Waals surface area contributed by atoms with Gasteiger partial charge in [0.1, 0.15) is 17.6 Å². The van der Waals surface area contributed by atoms with Crippen LogP contribution in [-0.4, -0.2) is 55.4 Å². The first-order chi connectivity index (χ1) is 19.1. The van der Waals surface area contributed by atoms with E-state index in [2.05, 4.69) is 25.4 Å². The fraction of sp³-hybridized carbons (Fsp3) is 0.231. The second-order valence-corrected chi connectivity index (χ2v) is 8.24. The summed E-state index contributed by atoms with van der Waals surface area (Å²) in [5, 5.41) is 22.6. The van der Waals surface area contributed by atoms with Gasteiger partial charge in [-0.3, -0.25) is 15.2 Å². The molecule has 0 bridgehead atoms. The summed E-state index contributed by atoms with van der Waals surface area (Å²) in [6.07, 6.45) is 3.65. The molecule has 0 aliphatic carbocycles. The highest BCUT2D eigenvalue weighted by molar-refractivity contribution is 5.95. The van der Waals surface area contributed by atoms with Crippen LogP contribution in [0.3, 0.4) is 0 Å². The van der Waals surface area contributed by atoms with E-state index in [0.717, 1.165) is 11.6 Å². The molecule has 0 spiro atoms. The third-order valence-corrected chi connectivity index (χ3v) is 5.21. The maximum Gasteiger partial charge on any atom is 0.350 e. The second kappa shape index (κ2) is 13.5. The number of nitrogens with zero attached hydrogens (tertiary/aromatic N) is 4. The highest BCUT2D eigenvalue weighted by Crippen LogP contribution is 2.35. The number of carboxylic acid groups (broad SMARTS) is 1. The molecular weight excluding hydrogens is 523 g/mol. The third-order valence-electron chi connectivity index (χ3n) is 5.21. The molecule has 0 radical (unpaired) electrons. The number of rotatable bonds is 10. The Morgan fingerprint density at radius 1 is 1.25 bits per heavy atom. The Hall–Kier alpha value is -5.27. The van der Waals surface area contributed by atoms with Gasteiger partial charge in [-0.2, -0.15) is 0 Å². The number of nitrogens with two attached hydrogens (primary N) is 1. The summed E-state index contributed by atoms with van der Waals surface area (Å²) in [6.45, 7) is 3.31. The number of benzene rings is 2. The summed E-state index contributed by atoms with van der Waals surface area (Å²) < 4.78 is 27.7. The van der Waals surface area contributed by atoms with Crippen molar-refractivity contribution in [3.05, 3.63) is 88.1 Å². The SMILES string of the molecule is CC(=O)O.CCCOc1cc(OC)cc([C@H](Nc2ccc(C(=N)N)cc2)c2nn(-c3ncccn3)c(=O)[nH]2)c1F. The zero-order valence-electron chi connectivity index (χ0n) is 22.0. The number of carboxylic acids is 1. The Balaban J connectivity index is 0.00000103. The van der Waals surface area contributed by atoms with Gasteiger partial charge < -0.3 is 25.6 Å². The molecule has 2 heterocycles. The van der Waals surface area contributed by atoms with Crippen LogP contribution >= 0.6 is 0 Å². The van der Waals surface area contributed by atoms with Crippen LogP contribution in [0.2, 0.25) is 0 Å². The van der Waals surface area contributed by atoms with E-state index in [-0.39, 0.29) is 28.9 Å². The summed E-state index contributed by atoms with van der Waals surface area (Å²) in [7, 11) is 1.47. The Morgan fingerprint density at radius 3 is 2.48 bits per heavy atom. The van der Waals surface area contributed by atoms with Gasteiger partial charge in [0.15, 0.2) is 17.4 Å². The Kier molecular flexibility index (Phi) is 9.89. The second-order valence-electron chi connectivity index (χ2n) is 8.24. The first kappa shape index (κ1) is 29.3. The van der Waals surface area contributed by atoms with Gasteiger partial charge >= 0.3 is 5.69 Å². The number of halogens is 1. The number of anilines is 1. The number of nitrogens with one attached hydrogen (secondary N) is 3. The van der Waals surface area contributed by atoms with Crippen molar-refractivity contribution in [1.29, 1.82) is 5.41 Å². The number of carbonyl (C=O) groups is 1. The number of amidine groups is 1. The zero-order valence-corrected chi connectivity index (χ0v) is 22.0. The van der Waals surface area contributed by atoms with Crippen molar-refractivity contribution in [3.8, 4) is 17.4 Å². The van der Waals surface area contributed by atoms with Crippen LogP contribution in [0.5, 0.6) is 11.5 Å². The molecule has 40 heavy (non-hydrogen) atoms. The molecule has 14 heteroatoms. The summed E-state index contributed by atoms with van der Waals surface area (Å²) in [5.74, 6) is -0.999. The van der Waals surface area contributed by atoms with Crippen LogP contribution in [0.1, 0.15) is 43.3 Å². The van der Waals surface area contributed by atoms with Crippen LogP contribution in [0.4, 0.5) is 10.1 Å². The normalized spacial score (nSPS) is 11.1. The average Bonchev–Trinajstić information content (AvgIpc) is 3.33. The van der Waals surface area contributed by atoms with Gasteiger partial charge in [-0.1, -0.05) is 6.92 Å². The minimum Gasteiger partial charge on any atom is -0.497 e. The van der Waals surface area contributed by atoms with Gasteiger partial charge in [0.25, 0.3) is 11.9 Å². The predicted molar refractivity (Wildman–Crippen MR) is 145 cm³/mol. The van der Waals surface area contributed by atoms with Gasteiger partial charge in [-0.25, -0.2) is 19.2 Å². The molecule has 2 aromatic heterocycles. The maximum absolute atomic E-state index is 15.7. The molecule has 6 N–H and O–H groups in total. The summed E-state index contributed by atoms with van der Waals surface area (Å²) >= 11 is 0. The van der Waals surface area contributed by atoms with E-state index in [1.165, 1.54) is 31.6 Å². The molecular formula is C26H29FN8O5. The molecule has 1 atom stereocenters. The molecule has 4 aromatic rings. The third kappa shape index (κ3) is 7.40. The average molecular weight is 553 g/mol. The first-order valence-corrected chi connectivity index (χ1v) is 12.0. The van der Waals surface area contributed by atoms with E-state index in [9.17, 15) is 4.79 Å². The lowest BCUT2D eigenvalue weighted by Crippen LogP contribution is -2.18. The van der Waals surface area contributed by atoms with E-state index in [0.29, 0.717) is 30.0 Å². The quantitative estimate of drug-likeness (QED) is 0.144. The highest BCUT2D eigenvalue weighted by Gasteiger charge is 2.27.